The van der Waals surface area contributed by atoms with E-state index in [1.54, 1.807) is 31.0 Å². The number of carbonyl (C=O) groups excluding carboxylic acids is 1. The van der Waals surface area contributed by atoms with Crippen LogP contribution in [0.1, 0.15) is 18.2 Å². The summed E-state index contributed by atoms with van der Waals surface area (Å²) in [5.74, 6) is 1.49. The van der Waals surface area contributed by atoms with Gasteiger partial charge in [0.2, 0.25) is 0 Å². The van der Waals surface area contributed by atoms with Gasteiger partial charge in [0.1, 0.15) is 5.82 Å². The van der Waals surface area contributed by atoms with Crippen LogP contribution in [-0.4, -0.2) is 29.4 Å². The van der Waals surface area contributed by atoms with Gasteiger partial charge in [0.25, 0.3) is 5.91 Å². The molecule has 1 heterocycles. The normalized spacial score (nSPS) is 10.8. The number of ether oxygens (including phenoxy) is 2. The zero-order chi connectivity index (χ0) is 16.8. The summed E-state index contributed by atoms with van der Waals surface area (Å²) in [5.41, 5.74) is 1.84. The van der Waals surface area contributed by atoms with Gasteiger partial charge in [-0.1, -0.05) is 18.2 Å². The monoisotopic (exact) mass is 315 g/mol. The van der Waals surface area contributed by atoms with Crippen molar-refractivity contribution in [2.75, 3.05) is 19.0 Å². The van der Waals surface area contributed by atoms with E-state index in [0.717, 1.165) is 11.3 Å². The summed E-state index contributed by atoms with van der Waals surface area (Å²) in [6.07, 6.45) is 3.91. The lowest BCUT2D eigenvalue weighted by molar-refractivity contribution is -0.118. The van der Waals surface area contributed by atoms with Crippen molar-refractivity contribution in [1.82, 2.24) is 9.78 Å². The molecule has 0 spiro atoms. The highest BCUT2D eigenvalue weighted by molar-refractivity contribution is 5.91. The average Bonchev–Trinajstić information content (AvgIpc) is 2.83. The summed E-state index contributed by atoms with van der Waals surface area (Å²) in [4.78, 5) is 12.0. The van der Waals surface area contributed by atoms with Crippen molar-refractivity contribution in [3.05, 3.63) is 41.6 Å². The molecule has 0 aliphatic carbocycles. The number of hydrogen-bond acceptors (Lipinski definition) is 4. The van der Waals surface area contributed by atoms with E-state index in [0.29, 0.717) is 17.3 Å². The van der Waals surface area contributed by atoms with Crippen molar-refractivity contribution < 1.29 is 14.3 Å². The molecule has 0 bridgehead atoms. The molecule has 1 N–H and O–H groups in total. The molecule has 0 atom stereocenters. The van der Waals surface area contributed by atoms with E-state index in [-0.39, 0.29) is 12.5 Å². The number of allylic oxidation sites excluding steroid dienone is 1. The molecule has 0 saturated heterocycles. The second-order valence-electron chi connectivity index (χ2n) is 5.04. The Labute approximate surface area is 135 Å². The number of aromatic nitrogens is 2. The molecule has 0 radical (unpaired) electrons. The van der Waals surface area contributed by atoms with Crippen LogP contribution >= 0.6 is 0 Å². The molecule has 1 amide bonds. The third-order valence-corrected chi connectivity index (χ3v) is 3.18. The van der Waals surface area contributed by atoms with Crippen LogP contribution in [0, 0.1) is 6.92 Å². The first kappa shape index (κ1) is 16.6. The Hall–Kier alpha value is -2.76. The van der Waals surface area contributed by atoms with Crippen molar-refractivity contribution in [1.29, 1.82) is 0 Å². The number of anilines is 1. The Morgan fingerprint density at radius 3 is 2.74 bits per heavy atom. The number of methoxy groups -OCH3 is 1. The van der Waals surface area contributed by atoms with Gasteiger partial charge in [-0.25, -0.2) is 0 Å². The topological polar surface area (TPSA) is 65.4 Å². The van der Waals surface area contributed by atoms with Crippen molar-refractivity contribution in [3.63, 3.8) is 0 Å². The van der Waals surface area contributed by atoms with Gasteiger partial charge >= 0.3 is 0 Å². The minimum Gasteiger partial charge on any atom is -0.493 e. The SMILES string of the molecule is C/C=C/c1ccc(OCC(=O)Nc2cc(C)nn2C)c(OC)c1. The number of nitrogens with one attached hydrogen (secondary N) is 1. The number of hydrogen-bond donors (Lipinski definition) is 1. The fourth-order valence-electron chi connectivity index (χ4n) is 2.15. The average molecular weight is 315 g/mol. The van der Waals surface area contributed by atoms with Gasteiger partial charge in [-0.2, -0.15) is 5.10 Å². The van der Waals surface area contributed by atoms with E-state index >= 15 is 0 Å². The first-order valence-corrected chi connectivity index (χ1v) is 7.27. The van der Waals surface area contributed by atoms with Crippen molar-refractivity contribution in [2.45, 2.75) is 13.8 Å². The van der Waals surface area contributed by atoms with E-state index in [9.17, 15) is 4.79 Å². The molecule has 122 valence electrons. The predicted octanol–water partition coefficient (Wildman–Crippen LogP) is 2.79. The Morgan fingerprint density at radius 1 is 1.35 bits per heavy atom. The Morgan fingerprint density at radius 2 is 2.13 bits per heavy atom. The summed E-state index contributed by atoms with van der Waals surface area (Å²) in [5, 5.41) is 6.93. The number of nitrogens with zero attached hydrogens (tertiary/aromatic N) is 2. The minimum atomic E-state index is -0.257. The smallest absolute Gasteiger partial charge is 0.263 e. The predicted molar refractivity (Wildman–Crippen MR) is 89.8 cm³/mol. The number of benzene rings is 1. The molecule has 0 saturated carbocycles. The summed E-state index contributed by atoms with van der Waals surface area (Å²) < 4.78 is 12.5. The maximum atomic E-state index is 12.0. The summed E-state index contributed by atoms with van der Waals surface area (Å²) >= 11 is 0. The standard InChI is InChI=1S/C17H21N3O3/c1-5-6-13-7-8-14(15(10-13)22-4)23-11-17(21)18-16-9-12(2)19-20(16)3/h5-10H,11H2,1-4H3,(H,18,21)/b6-5+. The van der Waals surface area contributed by atoms with Gasteiger partial charge in [0, 0.05) is 13.1 Å². The van der Waals surface area contributed by atoms with Crippen LogP contribution in [0.15, 0.2) is 30.3 Å². The van der Waals surface area contributed by atoms with Gasteiger partial charge in [-0.05, 0) is 31.5 Å². The van der Waals surface area contributed by atoms with E-state index in [4.69, 9.17) is 9.47 Å². The summed E-state index contributed by atoms with van der Waals surface area (Å²) in [6.45, 7) is 3.70. The second kappa shape index (κ2) is 7.49. The van der Waals surface area contributed by atoms with Crippen LogP contribution < -0.4 is 14.8 Å². The maximum Gasteiger partial charge on any atom is 0.263 e. The zero-order valence-electron chi connectivity index (χ0n) is 13.8. The minimum absolute atomic E-state index is 0.108. The molecule has 0 aliphatic heterocycles. The van der Waals surface area contributed by atoms with Gasteiger partial charge in [-0.15, -0.1) is 0 Å². The largest absolute Gasteiger partial charge is 0.493 e. The molecular formula is C17H21N3O3. The third-order valence-electron chi connectivity index (χ3n) is 3.18. The first-order chi connectivity index (χ1) is 11.0. The lowest BCUT2D eigenvalue weighted by Crippen LogP contribution is -2.21. The molecule has 6 heteroatoms. The van der Waals surface area contributed by atoms with Crippen molar-refractivity contribution >= 4 is 17.8 Å². The van der Waals surface area contributed by atoms with E-state index in [1.807, 2.05) is 38.1 Å². The highest BCUT2D eigenvalue weighted by Crippen LogP contribution is 2.28. The van der Waals surface area contributed by atoms with E-state index in [2.05, 4.69) is 10.4 Å². The van der Waals surface area contributed by atoms with Crippen LogP contribution in [-0.2, 0) is 11.8 Å². The molecule has 6 nitrogen and oxygen atoms in total. The molecule has 2 aromatic rings. The fraction of sp³-hybridized carbons (Fsp3) is 0.294. The van der Waals surface area contributed by atoms with Crippen molar-refractivity contribution in [2.24, 2.45) is 7.05 Å². The van der Waals surface area contributed by atoms with Crippen LogP contribution in [0.4, 0.5) is 5.82 Å². The van der Waals surface area contributed by atoms with E-state index in [1.165, 1.54) is 0 Å². The lowest BCUT2D eigenvalue weighted by atomic mass is 10.2. The highest BCUT2D eigenvalue weighted by atomic mass is 16.5. The Bertz CT molecular complexity index is 720. The highest BCUT2D eigenvalue weighted by Gasteiger charge is 2.10. The van der Waals surface area contributed by atoms with Crippen LogP contribution in [0.2, 0.25) is 0 Å². The summed E-state index contributed by atoms with van der Waals surface area (Å²) in [7, 11) is 3.34. The number of aryl methyl sites for hydroxylation is 2. The quantitative estimate of drug-likeness (QED) is 0.890. The Kier molecular flexibility index (Phi) is 5.41. The molecule has 0 unspecified atom stereocenters. The molecule has 2 rings (SSSR count). The van der Waals surface area contributed by atoms with Crippen molar-refractivity contribution in [3.8, 4) is 11.5 Å². The lowest BCUT2D eigenvalue weighted by Gasteiger charge is -2.11. The number of rotatable bonds is 6. The van der Waals surface area contributed by atoms with Gasteiger partial charge in [0.15, 0.2) is 18.1 Å². The third kappa shape index (κ3) is 4.35. The molecule has 0 aliphatic rings. The second-order valence-corrected chi connectivity index (χ2v) is 5.04. The molecule has 1 aromatic carbocycles. The van der Waals surface area contributed by atoms with Gasteiger partial charge < -0.3 is 14.8 Å². The first-order valence-electron chi connectivity index (χ1n) is 7.27. The van der Waals surface area contributed by atoms with E-state index < -0.39 is 0 Å². The van der Waals surface area contributed by atoms with Crippen LogP contribution in [0.25, 0.3) is 6.08 Å². The molecule has 23 heavy (non-hydrogen) atoms. The molecule has 1 aromatic heterocycles. The maximum absolute atomic E-state index is 12.0. The fourth-order valence-corrected chi connectivity index (χ4v) is 2.15. The van der Waals surface area contributed by atoms with Crippen LogP contribution in [0.5, 0.6) is 11.5 Å². The van der Waals surface area contributed by atoms with Gasteiger partial charge in [-0.3, -0.25) is 9.48 Å². The molecule has 0 fully saturated rings. The molecular weight excluding hydrogens is 294 g/mol. The number of amides is 1. The Balaban J connectivity index is 1.99. The van der Waals surface area contributed by atoms with Crippen LogP contribution in [0.3, 0.4) is 0 Å². The summed E-state index contributed by atoms with van der Waals surface area (Å²) in [6, 6.07) is 7.35. The zero-order valence-corrected chi connectivity index (χ0v) is 13.8. The number of carbonyl (C=O) groups is 1. The van der Waals surface area contributed by atoms with Gasteiger partial charge in [0.05, 0.1) is 12.8 Å².